The molecule has 15 heavy (non-hydrogen) atoms. The van der Waals surface area contributed by atoms with Gasteiger partial charge in [0.1, 0.15) is 0 Å². The lowest BCUT2D eigenvalue weighted by atomic mass is 10.1. The first-order chi connectivity index (χ1) is 6.91. The molecular weight excluding hydrogens is 201 g/mol. The minimum absolute atomic E-state index is 0.481. The lowest BCUT2D eigenvalue weighted by Gasteiger charge is -2.07. The Morgan fingerprint density at radius 3 is 2.00 bits per heavy atom. The van der Waals surface area contributed by atoms with E-state index in [1.165, 1.54) is 0 Å². The van der Waals surface area contributed by atoms with Crippen molar-refractivity contribution >= 4 is 0 Å². The van der Waals surface area contributed by atoms with Crippen LogP contribution in [-0.2, 0) is 0 Å². The summed E-state index contributed by atoms with van der Waals surface area (Å²) in [6.07, 6.45) is -1.11. The Labute approximate surface area is 90.2 Å². The van der Waals surface area contributed by atoms with Crippen LogP contribution < -0.4 is 0 Å². The SMILES string of the molecule is C=C/C(=C\C(=C)CCC)C(F)(F)F.CC. The van der Waals surface area contributed by atoms with Crippen LogP contribution in [0.15, 0.2) is 36.5 Å². The fourth-order valence-corrected chi connectivity index (χ4v) is 0.870. The summed E-state index contributed by atoms with van der Waals surface area (Å²) in [4.78, 5) is 0. The number of rotatable bonds is 4. The average Bonchev–Trinajstić information content (AvgIpc) is 2.16. The molecule has 3 heteroatoms. The average molecular weight is 220 g/mol. The Balaban J connectivity index is 0. The Hall–Kier alpha value is -0.990. The zero-order valence-electron chi connectivity index (χ0n) is 9.62. The van der Waals surface area contributed by atoms with Gasteiger partial charge >= 0.3 is 6.18 Å². The molecule has 0 spiro atoms. The molecule has 0 aliphatic carbocycles. The van der Waals surface area contributed by atoms with Gasteiger partial charge in [-0.2, -0.15) is 13.2 Å². The molecule has 0 aliphatic rings. The third kappa shape index (κ3) is 8.03. The van der Waals surface area contributed by atoms with E-state index in [1.807, 2.05) is 20.8 Å². The van der Waals surface area contributed by atoms with Gasteiger partial charge in [0.15, 0.2) is 0 Å². The van der Waals surface area contributed by atoms with Gasteiger partial charge in [0, 0.05) is 0 Å². The van der Waals surface area contributed by atoms with Crippen LogP contribution in [0.3, 0.4) is 0 Å². The molecule has 0 fully saturated rings. The molecule has 0 aromatic carbocycles. The third-order valence-electron chi connectivity index (χ3n) is 1.48. The van der Waals surface area contributed by atoms with E-state index in [0.717, 1.165) is 18.6 Å². The van der Waals surface area contributed by atoms with Crippen molar-refractivity contribution in [2.45, 2.75) is 39.8 Å². The highest BCUT2D eigenvalue weighted by molar-refractivity contribution is 5.30. The fraction of sp³-hybridized carbons (Fsp3) is 0.500. The standard InChI is InChI=1S/C10H13F3.C2H6/c1-4-6-8(3)7-9(5-2)10(11,12)13;1-2/h5,7H,2-4,6H2,1H3;1-2H3/b9-7+;. The van der Waals surface area contributed by atoms with Crippen molar-refractivity contribution in [3.05, 3.63) is 36.5 Å². The Bertz CT molecular complexity index is 222. The molecule has 0 aromatic heterocycles. The predicted octanol–water partition coefficient (Wildman–Crippen LogP) is 5.04. The normalized spacial score (nSPS) is 11.5. The number of hydrogen-bond acceptors (Lipinski definition) is 0. The molecule has 0 rings (SSSR count). The van der Waals surface area contributed by atoms with Crippen molar-refractivity contribution in [3.63, 3.8) is 0 Å². The van der Waals surface area contributed by atoms with Crippen LogP contribution in [-0.4, -0.2) is 6.18 Å². The van der Waals surface area contributed by atoms with Crippen molar-refractivity contribution < 1.29 is 13.2 Å². The van der Waals surface area contributed by atoms with Crippen LogP contribution in [0.1, 0.15) is 33.6 Å². The molecule has 0 bridgehead atoms. The van der Waals surface area contributed by atoms with E-state index in [9.17, 15) is 13.2 Å². The van der Waals surface area contributed by atoms with Gasteiger partial charge in [-0.15, -0.1) is 0 Å². The molecule has 0 heterocycles. The van der Waals surface area contributed by atoms with Gasteiger partial charge in [-0.1, -0.05) is 52.0 Å². The summed E-state index contributed by atoms with van der Waals surface area (Å²) in [7, 11) is 0. The van der Waals surface area contributed by atoms with E-state index >= 15 is 0 Å². The van der Waals surface area contributed by atoms with Gasteiger partial charge < -0.3 is 0 Å². The second-order valence-corrected chi connectivity index (χ2v) is 2.71. The predicted molar refractivity (Wildman–Crippen MR) is 59.7 cm³/mol. The van der Waals surface area contributed by atoms with Crippen molar-refractivity contribution in [2.24, 2.45) is 0 Å². The quantitative estimate of drug-likeness (QED) is 0.582. The van der Waals surface area contributed by atoms with Gasteiger partial charge in [-0.3, -0.25) is 0 Å². The van der Waals surface area contributed by atoms with E-state index in [1.54, 1.807) is 0 Å². The molecule has 0 atom stereocenters. The zero-order valence-corrected chi connectivity index (χ0v) is 9.62. The summed E-state index contributed by atoms with van der Waals surface area (Å²) >= 11 is 0. The van der Waals surface area contributed by atoms with Crippen LogP contribution in [0.5, 0.6) is 0 Å². The molecule has 88 valence electrons. The molecule has 0 aliphatic heterocycles. The van der Waals surface area contributed by atoms with Gasteiger partial charge in [-0.05, 0) is 12.5 Å². The Kier molecular flexibility index (Phi) is 9.13. The second-order valence-electron chi connectivity index (χ2n) is 2.71. The Morgan fingerprint density at radius 2 is 1.73 bits per heavy atom. The highest BCUT2D eigenvalue weighted by atomic mass is 19.4. The van der Waals surface area contributed by atoms with E-state index in [2.05, 4.69) is 13.2 Å². The minimum Gasteiger partial charge on any atom is -0.166 e. The molecule has 0 N–H and O–H groups in total. The van der Waals surface area contributed by atoms with E-state index in [0.29, 0.717) is 12.0 Å². The molecule has 0 radical (unpaired) electrons. The molecule has 0 saturated heterocycles. The van der Waals surface area contributed by atoms with E-state index in [4.69, 9.17) is 0 Å². The molecule has 0 unspecified atom stereocenters. The summed E-state index contributed by atoms with van der Waals surface area (Å²) in [6.45, 7) is 12.5. The summed E-state index contributed by atoms with van der Waals surface area (Å²) in [6, 6.07) is 0. The number of allylic oxidation sites excluding steroid dienone is 4. The topological polar surface area (TPSA) is 0 Å². The van der Waals surface area contributed by atoms with Crippen molar-refractivity contribution in [2.75, 3.05) is 0 Å². The smallest absolute Gasteiger partial charge is 0.166 e. The summed E-state index contributed by atoms with van der Waals surface area (Å²) in [5.74, 6) is 0. The highest BCUT2D eigenvalue weighted by Gasteiger charge is 2.31. The maximum atomic E-state index is 12.1. The van der Waals surface area contributed by atoms with Crippen LogP contribution in [0, 0.1) is 0 Å². The first-order valence-corrected chi connectivity index (χ1v) is 5.01. The molecule has 0 saturated carbocycles. The summed E-state index contributed by atoms with van der Waals surface area (Å²) < 4.78 is 36.4. The van der Waals surface area contributed by atoms with Crippen LogP contribution >= 0.6 is 0 Å². The fourth-order valence-electron chi connectivity index (χ4n) is 0.870. The van der Waals surface area contributed by atoms with Gasteiger partial charge in [0.2, 0.25) is 0 Å². The van der Waals surface area contributed by atoms with Gasteiger partial charge in [0.05, 0.1) is 5.57 Å². The van der Waals surface area contributed by atoms with Crippen LogP contribution in [0.4, 0.5) is 13.2 Å². The van der Waals surface area contributed by atoms with Gasteiger partial charge in [-0.25, -0.2) is 0 Å². The first kappa shape index (κ1) is 16.4. The summed E-state index contributed by atoms with van der Waals surface area (Å²) in [5, 5.41) is 0. The molecule has 0 aromatic rings. The van der Waals surface area contributed by atoms with Crippen molar-refractivity contribution in [1.82, 2.24) is 0 Å². The number of halogens is 3. The van der Waals surface area contributed by atoms with Crippen molar-refractivity contribution in [1.29, 1.82) is 0 Å². The third-order valence-corrected chi connectivity index (χ3v) is 1.48. The molecule has 0 nitrogen and oxygen atoms in total. The number of hydrogen-bond donors (Lipinski definition) is 0. The second kappa shape index (κ2) is 8.33. The number of alkyl halides is 3. The molecule has 0 amide bonds. The van der Waals surface area contributed by atoms with Crippen molar-refractivity contribution in [3.8, 4) is 0 Å². The minimum atomic E-state index is -4.32. The lowest BCUT2D eigenvalue weighted by Crippen LogP contribution is -2.09. The monoisotopic (exact) mass is 220 g/mol. The van der Waals surface area contributed by atoms with Crippen LogP contribution in [0.25, 0.3) is 0 Å². The Morgan fingerprint density at radius 1 is 1.27 bits per heavy atom. The van der Waals surface area contributed by atoms with E-state index < -0.39 is 11.7 Å². The van der Waals surface area contributed by atoms with Gasteiger partial charge in [0.25, 0.3) is 0 Å². The maximum Gasteiger partial charge on any atom is 0.416 e. The zero-order chi connectivity index (χ0) is 12.5. The maximum absolute atomic E-state index is 12.1. The largest absolute Gasteiger partial charge is 0.416 e. The summed E-state index contributed by atoms with van der Waals surface area (Å²) in [5.41, 5.74) is -0.249. The molecular formula is C12H19F3. The highest BCUT2D eigenvalue weighted by Crippen LogP contribution is 2.27. The lowest BCUT2D eigenvalue weighted by molar-refractivity contribution is -0.0882. The van der Waals surface area contributed by atoms with E-state index in [-0.39, 0.29) is 0 Å². The van der Waals surface area contributed by atoms with Crippen LogP contribution in [0.2, 0.25) is 0 Å². The first-order valence-electron chi connectivity index (χ1n) is 5.01.